The van der Waals surface area contributed by atoms with Gasteiger partial charge in [0, 0.05) is 12.7 Å². The summed E-state index contributed by atoms with van der Waals surface area (Å²) >= 11 is 0. The van der Waals surface area contributed by atoms with Gasteiger partial charge >= 0.3 is 0 Å². The third-order valence-corrected chi connectivity index (χ3v) is 13.1. The lowest BCUT2D eigenvalue weighted by Gasteiger charge is -2.46. The Morgan fingerprint density at radius 1 is 0.818 bits per heavy atom. The number of hydrogen-bond donors (Lipinski definition) is 1. The maximum Gasteiger partial charge on any atom is 0.128 e. The van der Waals surface area contributed by atoms with E-state index in [4.69, 9.17) is 4.74 Å². The minimum absolute atomic E-state index is 0.340. The molecule has 5 aliphatic rings. The largest absolute Gasteiger partial charge is 0.497 e. The van der Waals surface area contributed by atoms with Gasteiger partial charge in [0.2, 0.25) is 0 Å². The third-order valence-electron chi connectivity index (χ3n) is 8.80. The molecule has 1 heterocycles. The normalized spacial score (nSPS) is 36.5. The fraction of sp³-hybridized carbons (Fsp3) is 0.379. The van der Waals surface area contributed by atoms with E-state index in [9.17, 15) is 0 Å². The number of hydrogen-bond acceptors (Lipinski definition) is 3. The van der Waals surface area contributed by atoms with Gasteiger partial charge in [0.1, 0.15) is 14.0 Å². The molecule has 1 saturated heterocycles. The average molecular weight is 455 g/mol. The van der Waals surface area contributed by atoms with E-state index in [2.05, 4.69) is 114 Å². The van der Waals surface area contributed by atoms with Crippen LogP contribution in [0.5, 0.6) is 5.75 Å². The first-order valence-electron chi connectivity index (χ1n) is 12.3. The van der Waals surface area contributed by atoms with Crippen molar-refractivity contribution in [2.24, 2.45) is 23.7 Å². The fourth-order valence-corrected chi connectivity index (χ4v) is 11.7. The highest BCUT2D eigenvalue weighted by Crippen LogP contribution is 2.59. The number of allylic oxidation sites excluding steroid dienone is 10. The van der Waals surface area contributed by atoms with Gasteiger partial charge < -0.3 is 9.30 Å². The molecule has 4 aliphatic carbocycles. The number of benzene rings is 1. The van der Waals surface area contributed by atoms with Crippen LogP contribution in [0.1, 0.15) is 5.56 Å². The summed E-state index contributed by atoms with van der Waals surface area (Å²) in [6.07, 6.45) is 26.1. The number of rotatable bonds is 4. The van der Waals surface area contributed by atoms with Crippen LogP contribution in [0.2, 0.25) is 18.6 Å². The lowest BCUT2D eigenvalue weighted by Crippen LogP contribution is -2.57. The van der Waals surface area contributed by atoms with Crippen LogP contribution in [-0.2, 0) is 0 Å². The molecule has 0 radical (unpaired) electrons. The van der Waals surface area contributed by atoms with Gasteiger partial charge in [-0.05, 0) is 52.5 Å². The van der Waals surface area contributed by atoms with Gasteiger partial charge in [-0.3, -0.25) is 5.32 Å². The highest BCUT2D eigenvalue weighted by atomic mass is 28.3. The summed E-state index contributed by atoms with van der Waals surface area (Å²) in [6.45, 7) is 6.22. The first-order chi connectivity index (χ1) is 16.1. The Balaban J connectivity index is 1.30. The van der Waals surface area contributed by atoms with Crippen LogP contribution < -0.4 is 10.1 Å². The zero-order valence-corrected chi connectivity index (χ0v) is 20.8. The highest BCUT2D eigenvalue weighted by Gasteiger charge is 2.57. The van der Waals surface area contributed by atoms with E-state index in [1.54, 1.807) is 7.11 Å². The molecule has 3 nitrogen and oxygen atoms in total. The fourth-order valence-electron chi connectivity index (χ4n) is 7.30. The predicted octanol–water partition coefficient (Wildman–Crippen LogP) is 5.55. The minimum atomic E-state index is -1.81. The molecule has 170 valence electrons. The van der Waals surface area contributed by atoms with Crippen molar-refractivity contribution in [2.45, 2.75) is 30.7 Å². The van der Waals surface area contributed by atoms with Crippen molar-refractivity contribution in [2.75, 3.05) is 13.8 Å². The molecule has 33 heavy (non-hydrogen) atoms. The van der Waals surface area contributed by atoms with Crippen LogP contribution >= 0.6 is 0 Å². The molecule has 1 N–H and O–H groups in total. The third kappa shape index (κ3) is 3.30. The molecule has 0 spiro atoms. The van der Waals surface area contributed by atoms with Gasteiger partial charge in [-0.2, -0.15) is 0 Å². The van der Waals surface area contributed by atoms with Crippen molar-refractivity contribution in [3.8, 4) is 5.75 Å². The Labute approximate surface area is 199 Å². The second-order valence-corrected chi connectivity index (χ2v) is 15.1. The van der Waals surface area contributed by atoms with Crippen molar-refractivity contribution in [1.29, 1.82) is 0 Å². The Morgan fingerprint density at radius 2 is 1.42 bits per heavy atom. The summed E-state index contributed by atoms with van der Waals surface area (Å²) in [4.78, 5) is 0. The molecular formula is C29H34N2OSi. The molecule has 0 bridgehead atoms. The second kappa shape index (κ2) is 8.12. The minimum Gasteiger partial charge on any atom is -0.497 e. The SMILES string of the molecule is COc1ccc(C2=CC=C[C@@H]3C2NCN3[Si](C)(C)C2C3C=CC=CC3C3C=CC=CC32)cc1. The number of nitrogens with zero attached hydrogens (tertiary/aromatic N) is 1. The molecule has 0 aromatic heterocycles. The molecule has 2 fully saturated rings. The van der Waals surface area contributed by atoms with Crippen molar-refractivity contribution in [3.05, 3.63) is 96.7 Å². The van der Waals surface area contributed by atoms with Gasteiger partial charge in [0.15, 0.2) is 0 Å². The number of methoxy groups -OCH3 is 1. The Hall–Kier alpha value is -2.40. The summed E-state index contributed by atoms with van der Waals surface area (Å²) in [5.74, 6) is 3.47. The Kier molecular flexibility index (Phi) is 5.20. The topological polar surface area (TPSA) is 24.5 Å². The first kappa shape index (κ1) is 21.2. The predicted molar refractivity (Wildman–Crippen MR) is 139 cm³/mol. The Morgan fingerprint density at radius 3 is 2.03 bits per heavy atom. The van der Waals surface area contributed by atoms with Crippen molar-refractivity contribution < 1.29 is 4.74 Å². The van der Waals surface area contributed by atoms with Crippen LogP contribution in [0.3, 0.4) is 0 Å². The molecule has 1 aromatic carbocycles. The van der Waals surface area contributed by atoms with E-state index < -0.39 is 8.24 Å². The van der Waals surface area contributed by atoms with E-state index in [0.717, 1.165) is 12.4 Å². The lowest BCUT2D eigenvalue weighted by molar-refractivity contribution is 0.409. The highest BCUT2D eigenvalue weighted by molar-refractivity contribution is 6.76. The van der Waals surface area contributed by atoms with Gasteiger partial charge in [-0.25, -0.2) is 0 Å². The van der Waals surface area contributed by atoms with Gasteiger partial charge in [0.25, 0.3) is 0 Å². The molecule has 4 heteroatoms. The molecular weight excluding hydrogens is 420 g/mol. The van der Waals surface area contributed by atoms with E-state index in [0.29, 0.717) is 41.3 Å². The molecule has 6 atom stereocenters. The van der Waals surface area contributed by atoms with E-state index in [1.807, 2.05) is 0 Å². The van der Waals surface area contributed by atoms with Gasteiger partial charge in [0.05, 0.1) is 13.2 Å². The molecule has 5 unspecified atom stereocenters. The zero-order valence-electron chi connectivity index (χ0n) is 19.8. The summed E-state index contributed by atoms with van der Waals surface area (Å²) in [5.41, 5.74) is 3.38. The van der Waals surface area contributed by atoms with Crippen LogP contribution in [-0.4, -0.2) is 38.7 Å². The van der Waals surface area contributed by atoms with Crippen molar-refractivity contribution >= 4 is 13.8 Å². The summed E-state index contributed by atoms with van der Waals surface area (Å²) in [5, 5.41) is 3.91. The maximum absolute atomic E-state index is 5.38. The number of ether oxygens (including phenoxy) is 1. The van der Waals surface area contributed by atoms with Crippen LogP contribution in [0.15, 0.2) is 91.1 Å². The maximum atomic E-state index is 5.38. The smallest absolute Gasteiger partial charge is 0.128 e. The van der Waals surface area contributed by atoms with Crippen LogP contribution in [0.4, 0.5) is 0 Å². The number of fused-ring (bicyclic) bond motifs is 4. The molecule has 0 amide bonds. The monoisotopic (exact) mass is 454 g/mol. The molecule has 1 aromatic rings. The zero-order chi connectivity index (χ0) is 22.6. The van der Waals surface area contributed by atoms with Crippen molar-refractivity contribution in [1.82, 2.24) is 9.88 Å². The van der Waals surface area contributed by atoms with Crippen molar-refractivity contribution in [3.63, 3.8) is 0 Å². The molecule has 1 saturated carbocycles. The van der Waals surface area contributed by atoms with Crippen LogP contribution in [0, 0.1) is 23.7 Å². The average Bonchev–Trinajstić information content (AvgIpc) is 3.44. The number of nitrogens with one attached hydrogen (secondary N) is 1. The van der Waals surface area contributed by atoms with Gasteiger partial charge in [-0.1, -0.05) is 92.1 Å². The summed E-state index contributed by atoms with van der Waals surface area (Å²) in [7, 11) is -0.0794. The standard InChI is InChI=1S/C29H34N2OSi/c1-32-21-17-15-20(16-18-21)22-13-8-14-27-28(22)30-19-31(27)33(2,3)29-25-11-6-4-9-23(25)24-10-5-7-12-26(24)29/h4-18,23-30H,19H2,1-3H3/t23?,24?,25?,26?,27-,28?,29?/m1/s1. The molecule has 1 aliphatic heterocycles. The quantitative estimate of drug-likeness (QED) is 0.603. The van der Waals surface area contributed by atoms with Crippen LogP contribution in [0.25, 0.3) is 5.57 Å². The van der Waals surface area contributed by atoms with E-state index >= 15 is 0 Å². The molecule has 6 rings (SSSR count). The van der Waals surface area contributed by atoms with E-state index in [-0.39, 0.29) is 0 Å². The Bertz CT molecular complexity index is 1060. The second-order valence-electron chi connectivity index (χ2n) is 10.6. The van der Waals surface area contributed by atoms with Gasteiger partial charge in [-0.15, -0.1) is 0 Å². The lowest BCUT2D eigenvalue weighted by atomic mass is 9.83. The first-order valence-corrected chi connectivity index (χ1v) is 15.3. The summed E-state index contributed by atoms with van der Waals surface area (Å²) < 4.78 is 8.24. The summed E-state index contributed by atoms with van der Waals surface area (Å²) in [6, 6.07) is 9.28. The van der Waals surface area contributed by atoms with E-state index in [1.165, 1.54) is 11.1 Å².